The minimum Gasteiger partial charge on any atom is -0.455 e. The van der Waals surface area contributed by atoms with Gasteiger partial charge in [0.15, 0.2) is 5.75 Å². The molecule has 25 heavy (non-hydrogen) atoms. The maximum atomic E-state index is 5.96. The summed E-state index contributed by atoms with van der Waals surface area (Å²) in [4.78, 5) is 8.79. The van der Waals surface area contributed by atoms with E-state index in [1.54, 1.807) is 6.20 Å². The minimum atomic E-state index is 0.526. The van der Waals surface area contributed by atoms with E-state index in [1.807, 2.05) is 60.7 Å². The summed E-state index contributed by atoms with van der Waals surface area (Å²) >= 11 is 0. The van der Waals surface area contributed by atoms with Crippen molar-refractivity contribution in [2.24, 2.45) is 5.92 Å². The molecule has 0 saturated heterocycles. The van der Waals surface area contributed by atoms with Gasteiger partial charge in [0.25, 0.3) is 0 Å². The lowest BCUT2D eigenvalue weighted by Crippen LogP contribution is -2.10. The number of nitrogens with zero attached hydrogens (tertiary/aromatic N) is 2. The highest BCUT2D eigenvalue weighted by molar-refractivity contribution is 5.63. The first-order chi connectivity index (χ1) is 12.2. The van der Waals surface area contributed by atoms with Gasteiger partial charge in [-0.25, -0.2) is 4.98 Å². The fraction of sp³-hybridized carbons (Fsp3) is 0.200. The van der Waals surface area contributed by atoms with Crippen LogP contribution in [0.3, 0.4) is 0 Å². The van der Waals surface area contributed by atoms with Crippen molar-refractivity contribution in [1.29, 1.82) is 0 Å². The zero-order chi connectivity index (χ0) is 17.5. The average Bonchev–Trinajstić information content (AvgIpc) is 2.63. The molecule has 1 aromatic heterocycles. The van der Waals surface area contributed by atoms with E-state index in [4.69, 9.17) is 4.74 Å². The van der Waals surface area contributed by atoms with Crippen LogP contribution in [-0.2, 0) is 0 Å². The Labute approximate surface area is 148 Å². The number of benzene rings is 2. The standard InChI is InChI=1S/C20H22N4O/c1-15(2)14-22-19-12-13-21-20(24-19)23-17-10-6-7-11-18(17)25-16-8-4-3-5-9-16/h3-13,15H,14H2,1-2H3,(H2,21,22,23,24). The van der Waals surface area contributed by atoms with Crippen LogP contribution in [0, 0.1) is 5.92 Å². The second-order valence-electron chi connectivity index (χ2n) is 6.08. The molecule has 0 aliphatic heterocycles. The summed E-state index contributed by atoms with van der Waals surface area (Å²) in [6.07, 6.45) is 1.73. The van der Waals surface area contributed by atoms with E-state index in [1.165, 1.54) is 0 Å². The highest BCUT2D eigenvalue weighted by atomic mass is 16.5. The van der Waals surface area contributed by atoms with Gasteiger partial charge in [0.1, 0.15) is 11.6 Å². The lowest BCUT2D eigenvalue weighted by molar-refractivity contribution is 0.485. The Morgan fingerprint density at radius 3 is 2.52 bits per heavy atom. The first kappa shape index (κ1) is 16.8. The molecule has 2 aromatic carbocycles. The zero-order valence-corrected chi connectivity index (χ0v) is 14.4. The van der Waals surface area contributed by atoms with Gasteiger partial charge in [-0.2, -0.15) is 4.98 Å². The SMILES string of the molecule is CC(C)CNc1ccnc(Nc2ccccc2Oc2ccccc2)n1. The summed E-state index contributed by atoms with van der Waals surface area (Å²) in [5, 5.41) is 6.54. The third-order valence-corrected chi connectivity index (χ3v) is 3.45. The van der Waals surface area contributed by atoms with E-state index >= 15 is 0 Å². The van der Waals surface area contributed by atoms with Crippen molar-refractivity contribution in [1.82, 2.24) is 9.97 Å². The molecule has 0 aliphatic rings. The molecular weight excluding hydrogens is 312 g/mol. The molecule has 0 radical (unpaired) electrons. The molecule has 0 atom stereocenters. The molecule has 2 N–H and O–H groups in total. The maximum absolute atomic E-state index is 5.96. The van der Waals surface area contributed by atoms with E-state index in [9.17, 15) is 0 Å². The first-order valence-electron chi connectivity index (χ1n) is 8.36. The van der Waals surface area contributed by atoms with Crippen molar-refractivity contribution in [3.63, 3.8) is 0 Å². The molecule has 0 unspecified atom stereocenters. The molecular formula is C20H22N4O. The molecule has 5 nitrogen and oxygen atoms in total. The number of anilines is 3. The number of hydrogen-bond acceptors (Lipinski definition) is 5. The number of ether oxygens (including phenoxy) is 1. The van der Waals surface area contributed by atoms with Gasteiger partial charge in [-0.3, -0.25) is 0 Å². The second-order valence-corrected chi connectivity index (χ2v) is 6.08. The number of hydrogen-bond donors (Lipinski definition) is 2. The van der Waals surface area contributed by atoms with Gasteiger partial charge in [-0.05, 0) is 36.2 Å². The van der Waals surface area contributed by atoms with E-state index in [0.29, 0.717) is 11.9 Å². The largest absolute Gasteiger partial charge is 0.455 e. The highest BCUT2D eigenvalue weighted by Crippen LogP contribution is 2.30. The van der Waals surface area contributed by atoms with E-state index in [0.717, 1.165) is 29.5 Å². The van der Waals surface area contributed by atoms with Gasteiger partial charge in [0, 0.05) is 12.7 Å². The highest BCUT2D eigenvalue weighted by Gasteiger charge is 2.07. The van der Waals surface area contributed by atoms with Crippen molar-refractivity contribution in [2.75, 3.05) is 17.2 Å². The van der Waals surface area contributed by atoms with Crippen LogP contribution in [0.1, 0.15) is 13.8 Å². The van der Waals surface area contributed by atoms with Crippen molar-refractivity contribution in [2.45, 2.75) is 13.8 Å². The van der Waals surface area contributed by atoms with Gasteiger partial charge in [0.2, 0.25) is 5.95 Å². The topological polar surface area (TPSA) is 59.1 Å². The summed E-state index contributed by atoms with van der Waals surface area (Å²) in [6, 6.07) is 19.3. The smallest absolute Gasteiger partial charge is 0.229 e. The lowest BCUT2D eigenvalue weighted by Gasteiger charge is -2.13. The van der Waals surface area contributed by atoms with Crippen LogP contribution in [0.2, 0.25) is 0 Å². The normalized spacial score (nSPS) is 10.5. The molecule has 0 spiro atoms. The molecule has 1 heterocycles. The molecule has 0 amide bonds. The lowest BCUT2D eigenvalue weighted by atomic mass is 10.2. The third-order valence-electron chi connectivity index (χ3n) is 3.45. The quantitative estimate of drug-likeness (QED) is 0.631. The Morgan fingerprint density at radius 1 is 0.960 bits per heavy atom. The van der Waals surface area contributed by atoms with E-state index in [2.05, 4.69) is 34.4 Å². The summed E-state index contributed by atoms with van der Waals surface area (Å²) < 4.78 is 5.96. The Hall–Kier alpha value is -3.08. The Bertz CT molecular complexity index is 806. The average molecular weight is 334 g/mol. The predicted octanol–water partition coefficient (Wildman–Crippen LogP) is 5.08. The predicted molar refractivity (Wildman–Crippen MR) is 102 cm³/mol. The van der Waals surface area contributed by atoms with Gasteiger partial charge >= 0.3 is 0 Å². The monoisotopic (exact) mass is 334 g/mol. The van der Waals surface area contributed by atoms with Crippen molar-refractivity contribution >= 4 is 17.5 Å². The molecule has 0 saturated carbocycles. The van der Waals surface area contributed by atoms with E-state index < -0.39 is 0 Å². The van der Waals surface area contributed by atoms with Crippen LogP contribution in [0.5, 0.6) is 11.5 Å². The number of nitrogens with one attached hydrogen (secondary N) is 2. The van der Waals surface area contributed by atoms with Crippen molar-refractivity contribution < 1.29 is 4.74 Å². The molecule has 5 heteroatoms. The van der Waals surface area contributed by atoms with Gasteiger partial charge in [-0.15, -0.1) is 0 Å². The van der Waals surface area contributed by atoms with Gasteiger partial charge < -0.3 is 15.4 Å². The number of rotatable bonds is 7. The maximum Gasteiger partial charge on any atom is 0.229 e. The van der Waals surface area contributed by atoms with Crippen LogP contribution in [-0.4, -0.2) is 16.5 Å². The minimum absolute atomic E-state index is 0.526. The van der Waals surface area contributed by atoms with Crippen LogP contribution in [0.15, 0.2) is 66.9 Å². The first-order valence-corrected chi connectivity index (χ1v) is 8.36. The van der Waals surface area contributed by atoms with Gasteiger partial charge in [0.05, 0.1) is 5.69 Å². The van der Waals surface area contributed by atoms with Crippen LogP contribution in [0.4, 0.5) is 17.5 Å². The molecule has 0 fully saturated rings. The Morgan fingerprint density at radius 2 is 1.72 bits per heavy atom. The molecule has 0 aliphatic carbocycles. The summed E-state index contributed by atoms with van der Waals surface area (Å²) in [5.41, 5.74) is 0.812. The summed E-state index contributed by atoms with van der Waals surface area (Å²) in [7, 11) is 0. The van der Waals surface area contributed by atoms with Gasteiger partial charge in [-0.1, -0.05) is 44.2 Å². The number of para-hydroxylation sites is 3. The molecule has 128 valence electrons. The van der Waals surface area contributed by atoms with Crippen molar-refractivity contribution in [3.8, 4) is 11.5 Å². The molecule has 3 rings (SSSR count). The van der Waals surface area contributed by atoms with Crippen LogP contribution < -0.4 is 15.4 Å². The van der Waals surface area contributed by atoms with Crippen LogP contribution in [0.25, 0.3) is 0 Å². The fourth-order valence-corrected chi connectivity index (χ4v) is 2.22. The Kier molecular flexibility index (Phi) is 5.46. The van der Waals surface area contributed by atoms with Crippen LogP contribution >= 0.6 is 0 Å². The molecule has 0 bridgehead atoms. The van der Waals surface area contributed by atoms with E-state index in [-0.39, 0.29) is 0 Å². The third kappa shape index (κ3) is 4.94. The zero-order valence-electron chi connectivity index (χ0n) is 14.4. The summed E-state index contributed by atoms with van der Waals surface area (Å²) in [6.45, 7) is 5.18. The Balaban J connectivity index is 1.76. The fourth-order valence-electron chi connectivity index (χ4n) is 2.22. The second kappa shape index (κ2) is 8.15. The number of aromatic nitrogens is 2. The summed E-state index contributed by atoms with van der Waals surface area (Å²) in [5.74, 6) is 3.37. The molecule has 3 aromatic rings. The van der Waals surface area contributed by atoms with Crippen molar-refractivity contribution in [3.05, 3.63) is 66.9 Å².